The standard InChI is InChI=1S/C14H21N3O2S2/c1-19-8-4-7-15-14(20)17-16-13(18)12-9-10-5-2-3-6-11(10)21-12/h9H,2-8H2,1H3,(H,16,18)(H2,15,17,20). The lowest BCUT2D eigenvalue weighted by Gasteiger charge is -2.10. The van der Waals surface area contributed by atoms with E-state index < -0.39 is 0 Å². The fraction of sp³-hybridized carbons (Fsp3) is 0.571. The summed E-state index contributed by atoms with van der Waals surface area (Å²) in [5.74, 6) is -0.129. The van der Waals surface area contributed by atoms with Crippen molar-refractivity contribution >= 4 is 34.6 Å². The van der Waals surface area contributed by atoms with Crippen LogP contribution in [0.5, 0.6) is 0 Å². The first-order chi connectivity index (χ1) is 10.2. The van der Waals surface area contributed by atoms with Crippen LogP contribution in [0.4, 0.5) is 0 Å². The van der Waals surface area contributed by atoms with Crippen LogP contribution in [-0.2, 0) is 17.6 Å². The Labute approximate surface area is 134 Å². The number of nitrogens with one attached hydrogen (secondary N) is 3. The van der Waals surface area contributed by atoms with E-state index in [4.69, 9.17) is 17.0 Å². The first kappa shape index (κ1) is 16.2. The Balaban J connectivity index is 1.74. The van der Waals surface area contributed by atoms with Crippen LogP contribution in [0.15, 0.2) is 6.07 Å². The highest BCUT2D eigenvalue weighted by Gasteiger charge is 2.17. The molecule has 1 aromatic heterocycles. The fourth-order valence-corrected chi connectivity index (χ4v) is 3.54. The average molecular weight is 327 g/mol. The Hall–Kier alpha value is -1.18. The van der Waals surface area contributed by atoms with Crippen molar-refractivity contribution in [2.75, 3.05) is 20.3 Å². The average Bonchev–Trinajstić information content (AvgIpc) is 2.93. The Bertz CT molecular complexity index is 479. The van der Waals surface area contributed by atoms with Crippen LogP contribution in [-0.4, -0.2) is 31.3 Å². The summed E-state index contributed by atoms with van der Waals surface area (Å²) in [6.07, 6.45) is 5.50. The molecular formula is C14H21N3O2S2. The monoisotopic (exact) mass is 327 g/mol. The summed E-state index contributed by atoms with van der Waals surface area (Å²) in [6, 6.07) is 2.01. The quantitative estimate of drug-likeness (QED) is 0.437. The highest BCUT2D eigenvalue weighted by Crippen LogP contribution is 2.29. The molecule has 1 heterocycles. The van der Waals surface area contributed by atoms with Gasteiger partial charge in [0.25, 0.3) is 5.91 Å². The second-order valence-corrected chi connectivity index (χ2v) is 6.49. The second-order valence-electron chi connectivity index (χ2n) is 4.95. The van der Waals surface area contributed by atoms with Crippen molar-refractivity contribution in [3.05, 3.63) is 21.4 Å². The molecule has 1 amide bonds. The number of amides is 1. The zero-order chi connectivity index (χ0) is 15.1. The highest BCUT2D eigenvalue weighted by atomic mass is 32.1. The minimum atomic E-state index is -0.129. The third-order valence-electron chi connectivity index (χ3n) is 3.32. The van der Waals surface area contributed by atoms with Crippen LogP contribution in [0, 0.1) is 0 Å². The van der Waals surface area contributed by atoms with Gasteiger partial charge in [0.15, 0.2) is 5.11 Å². The number of methoxy groups -OCH3 is 1. The van der Waals surface area contributed by atoms with Gasteiger partial charge in [-0.15, -0.1) is 11.3 Å². The van der Waals surface area contributed by atoms with Gasteiger partial charge in [-0.1, -0.05) is 0 Å². The van der Waals surface area contributed by atoms with Crippen LogP contribution >= 0.6 is 23.6 Å². The van der Waals surface area contributed by atoms with E-state index in [-0.39, 0.29) is 5.91 Å². The van der Waals surface area contributed by atoms with Crippen LogP contribution in [0.25, 0.3) is 0 Å². The van der Waals surface area contributed by atoms with Gasteiger partial charge >= 0.3 is 0 Å². The van der Waals surface area contributed by atoms with Gasteiger partial charge in [-0.25, -0.2) is 0 Å². The van der Waals surface area contributed by atoms with E-state index in [2.05, 4.69) is 16.2 Å². The molecule has 1 aliphatic carbocycles. The van der Waals surface area contributed by atoms with Crippen LogP contribution in [0.3, 0.4) is 0 Å². The summed E-state index contributed by atoms with van der Waals surface area (Å²) in [4.78, 5) is 14.2. The van der Waals surface area contributed by atoms with Crippen molar-refractivity contribution in [2.45, 2.75) is 32.1 Å². The lowest BCUT2D eigenvalue weighted by molar-refractivity contribution is 0.0947. The van der Waals surface area contributed by atoms with Crippen molar-refractivity contribution in [3.8, 4) is 0 Å². The van der Waals surface area contributed by atoms with Gasteiger partial charge in [0.2, 0.25) is 0 Å². The SMILES string of the molecule is COCCCNC(=S)NNC(=O)c1cc2c(s1)CCCC2. The van der Waals surface area contributed by atoms with E-state index in [9.17, 15) is 4.79 Å². The van der Waals surface area contributed by atoms with E-state index in [1.165, 1.54) is 23.3 Å². The number of thiophene rings is 1. The maximum absolute atomic E-state index is 12.1. The molecule has 2 rings (SSSR count). The molecule has 1 aromatic rings. The van der Waals surface area contributed by atoms with Gasteiger partial charge in [-0.2, -0.15) is 0 Å². The number of ether oxygens (including phenoxy) is 1. The minimum Gasteiger partial charge on any atom is -0.385 e. The molecular weight excluding hydrogens is 306 g/mol. The third kappa shape index (κ3) is 4.94. The number of hydrogen-bond acceptors (Lipinski definition) is 4. The lowest BCUT2D eigenvalue weighted by Crippen LogP contribution is -2.46. The number of hydrazine groups is 1. The topological polar surface area (TPSA) is 62.4 Å². The van der Waals surface area contributed by atoms with Crippen molar-refractivity contribution in [2.24, 2.45) is 0 Å². The molecule has 0 unspecified atom stereocenters. The van der Waals surface area contributed by atoms with E-state index in [0.29, 0.717) is 18.3 Å². The van der Waals surface area contributed by atoms with E-state index in [1.807, 2.05) is 6.07 Å². The Morgan fingerprint density at radius 2 is 2.19 bits per heavy atom. The number of hydrogen-bond donors (Lipinski definition) is 3. The van der Waals surface area contributed by atoms with Crippen molar-refractivity contribution in [3.63, 3.8) is 0 Å². The predicted octanol–water partition coefficient (Wildman–Crippen LogP) is 1.77. The number of fused-ring (bicyclic) bond motifs is 1. The fourth-order valence-electron chi connectivity index (χ4n) is 2.24. The normalized spacial score (nSPS) is 13.4. The zero-order valence-electron chi connectivity index (χ0n) is 12.2. The number of carbonyl (C=O) groups is 1. The molecule has 5 nitrogen and oxygen atoms in total. The predicted molar refractivity (Wildman–Crippen MR) is 88.7 cm³/mol. The van der Waals surface area contributed by atoms with Gasteiger partial charge in [0.05, 0.1) is 4.88 Å². The Kier molecular flexibility index (Phi) is 6.41. The molecule has 0 fully saturated rings. The number of aryl methyl sites for hydroxylation is 2. The Morgan fingerprint density at radius 1 is 1.38 bits per heavy atom. The third-order valence-corrected chi connectivity index (χ3v) is 4.80. The Morgan fingerprint density at radius 3 is 2.95 bits per heavy atom. The van der Waals surface area contributed by atoms with Crippen LogP contribution in [0.2, 0.25) is 0 Å². The first-order valence-electron chi connectivity index (χ1n) is 7.15. The van der Waals surface area contributed by atoms with Gasteiger partial charge in [0, 0.05) is 25.1 Å². The summed E-state index contributed by atoms with van der Waals surface area (Å²) >= 11 is 6.67. The van der Waals surface area contributed by atoms with E-state index >= 15 is 0 Å². The van der Waals surface area contributed by atoms with Gasteiger partial charge in [-0.3, -0.25) is 15.6 Å². The highest BCUT2D eigenvalue weighted by molar-refractivity contribution is 7.80. The summed E-state index contributed by atoms with van der Waals surface area (Å²) in [7, 11) is 1.66. The van der Waals surface area contributed by atoms with Crippen molar-refractivity contribution in [1.29, 1.82) is 0 Å². The second kappa shape index (κ2) is 8.31. The molecule has 3 N–H and O–H groups in total. The van der Waals surface area contributed by atoms with Crippen molar-refractivity contribution in [1.82, 2.24) is 16.2 Å². The smallest absolute Gasteiger partial charge is 0.279 e. The molecule has 0 atom stereocenters. The molecule has 0 saturated carbocycles. The summed E-state index contributed by atoms with van der Waals surface area (Å²) in [6.45, 7) is 1.39. The molecule has 7 heteroatoms. The summed E-state index contributed by atoms with van der Waals surface area (Å²) < 4.78 is 4.95. The minimum absolute atomic E-state index is 0.129. The number of rotatable bonds is 5. The molecule has 0 radical (unpaired) electrons. The van der Waals surface area contributed by atoms with Gasteiger partial charge in [-0.05, 0) is 56.0 Å². The number of carbonyl (C=O) groups excluding carboxylic acids is 1. The molecule has 0 aromatic carbocycles. The number of thiocarbonyl (C=S) groups is 1. The largest absolute Gasteiger partial charge is 0.385 e. The van der Waals surface area contributed by atoms with Crippen LogP contribution < -0.4 is 16.2 Å². The van der Waals surface area contributed by atoms with Gasteiger partial charge < -0.3 is 10.1 Å². The summed E-state index contributed by atoms with van der Waals surface area (Å²) in [5, 5.41) is 3.42. The van der Waals surface area contributed by atoms with Crippen molar-refractivity contribution < 1.29 is 9.53 Å². The maximum Gasteiger partial charge on any atom is 0.279 e. The van der Waals surface area contributed by atoms with E-state index in [0.717, 1.165) is 24.1 Å². The van der Waals surface area contributed by atoms with Gasteiger partial charge in [0.1, 0.15) is 0 Å². The molecule has 21 heavy (non-hydrogen) atoms. The first-order valence-corrected chi connectivity index (χ1v) is 8.38. The summed E-state index contributed by atoms with van der Waals surface area (Å²) in [5.41, 5.74) is 6.69. The van der Waals surface area contributed by atoms with E-state index in [1.54, 1.807) is 18.4 Å². The lowest BCUT2D eigenvalue weighted by atomic mass is 9.99. The molecule has 0 spiro atoms. The maximum atomic E-state index is 12.1. The molecule has 0 aliphatic heterocycles. The molecule has 0 saturated heterocycles. The molecule has 116 valence electrons. The zero-order valence-corrected chi connectivity index (χ0v) is 13.8. The van der Waals surface area contributed by atoms with Crippen LogP contribution in [0.1, 0.15) is 39.4 Å². The molecule has 1 aliphatic rings. The molecule has 0 bridgehead atoms.